The lowest BCUT2D eigenvalue weighted by molar-refractivity contribution is -0.113. The van der Waals surface area contributed by atoms with Crippen molar-refractivity contribution in [1.29, 1.82) is 0 Å². The Labute approximate surface area is 222 Å². The van der Waals surface area contributed by atoms with Gasteiger partial charge in [0.15, 0.2) is 5.78 Å². The van der Waals surface area contributed by atoms with E-state index in [4.69, 9.17) is 9.47 Å². The number of H-pyrrole nitrogens is 1. The fourth-order valence-corrected chi connectivity index (χ4v) is 5.23. The maximum atomic E-state index is 15.3. The SMILES string of the molecule is CN(C)CCOC(=O)c1c(C2=CC=CCC2=O)c2c3c(c(F)cc2n1Cc1cc2cn[nH]c2cc1F)CCO3. The van der Waals surface area contributed by atoms with Gasteiger partial charge in [0, 0.05) is 47.0 Å². The Morgan fingerprint density at radius 3 is 2.87 bits per heavy atom. The second kappa shape index (κ2) is 9.77. The monoisotopic (exact) mass is 532 g/mol. The van der Waals surface area contributed by atoms with Crippen LogP contribution in [0.2, 0.25) is 0 Å². The maximum absolute atomic E-state index is 15.3. The van der Waals surface area contributed by atoms with Crippen LogP contribution < -0.4 is 4.74 Å². The summed E-state index contributed by atoms with van der Waals surface area (Å²) in [5.41, 5.74) is 2.16. The summed E-state index contributed by atoms with van der Waals surface area (Å²) >= 11 is 0. The van der Waals surface area contributed by atoms with Crippen molar-refractivity contribution in [3.8, 4) is 5.75 Å². The van der Waals surface area contributed by atoms with E-state index in [0.717, 1.165) is 0 Å². The Bertz CT molecular complexity index is 1710. The Hall–Kier alpha value is -4.31. The fraction of sp³-hybridized carbons (Fsp3) is 0.276. The number of ether oxygens (including phenoxy) is 2. The Balaban J connectivity index is 1.63. The number of nitrogens with zero attached hydrogens (tertiary/aromatic N) is 3. The number of aromatic amines is 1. The molecule has 2 aromatic carbocycles. The van der Waals surface area contributed by atoms with Crippen molar-refractivity contribution in [3.63, 3.8) is 0 Å². The Morgan fingerprint density at radius 1 is 1.23 bits per heavy atom. The third-order valence-corrected chi connectivity index (χ3v) is 7.13. The quantitative estimate of drug-likeness (QED) is 0.355. The number of allylic oxidation sites excluding steroid dienone is 4. The first kappa shape index (κ1) is 25.0. The van der Waals surface area contributed by atoms with Crippen LogP contribution in [0, 0.1) is 11.6 Å². The van der Waals surface area contributed by atoms with E-state index in [1.807, 2.05) is 19.0 Å². The Morgan fingerprint density at radius 2 is 2.08 bits per heavy atom. The predicted octanol–water partition coefficient (Wildman–Crippen LogP) is 4.41. The minimum absolute atomic E-state index is 0.0497. The number of nitrogens with one attached hydrogen (secondary N) is 1. The summed E-state index contributed by atoms with van der Waals surface area (Å²) < 4.78 is 43.7. The van der Waals surface area contributed by atoms with E-state index in [-0.39, 0.29) is 43.2 Å². The molecule has 2 aliphatic rings. The number of hydrogen-bond donors (Lipinski definition) is 1. The number of halogens is 2. The molecule has 0 bridgehead atoms. The van der Waals surface area contributed by atoms with Gasteiger partial charge in [0.05, 0.1) is 35.8 Å². The maximum Gasteiger partial charge on any atom is 0.355 e. The lowest BCUT2D eigenvalue weighted by atomic mass is 9.92. The van der Waals surface area contributed by atoms with Crippen LogP contribution in [0.3, 0.4) is 0 Å². The van der Waals surface area contributed by atoms with E-state index in [0.29, 0.717) is 57.2 Å². The van der Waals surface area contributed by atoms with Gasteiger partial charge in [0.1, 0.15) is 29.7 Å². The predicted molar refractivity (Wildman–Crippen MR) is 142 cm³/mol. The third kappa shape index (κ3) is 4.30. The van der Waals surface area contributed by atoms with Crippen LogP contribution in [-0.2, 0) is 22.5 Å². The van der Waals surface area contributed by atoms with Gasteiger partial charge >= 0.3 is 5.97 Å². The van der Waals surface area contributed by atoms with E-state index >= 15 is 8.78 Å². The number of carbonyl (C=O) groups is 2. The molecule has 0 atom stereocenters. The van der Waals surface area contributed by atoms with Gasteiger partial charge in [-0.15, -0.1) is 0 Å². The van der Waals surface area contributed by atoms with Crippen LogP contribution in [0.5, 0.6) is 5.75 Å². The number of aromatic nitrogens is 3. The van der Waals surface area contributed by atoms with Crippen molar-refractivity contribution in [3.05, 3.63) is 76.6 Å². The average Bonchev–Trinajstić information content (AvgIpc) is 3.62. The van der Waals surface area contributed by atoms with Gasteiger partial charge in [-0.05, 0) is 32.3 Å². The number of esters is 1. The molecular formula is C29H26F2N4O4. The number of carbonyl (C=O) groups excluding carboxylic acids is 2. The van der Waals surface area contributed by atoms with E-state index in [1.165, 1.54) is 16.7 Å². The average molecular weight is 533 g/mol. The minimum atomic E-state index is -0.691. The highest BCUT2D eigenvalue weighted by Gasteiger charge is 2.34. The van der Waals surface area contributed by atoms with Gasteiger partial charge in [0.25, 0.3) is 0 Å². The van der Waals surface area contributed by atoms with Crippen LogP contribution in [0.15, 0.2) is 42.6 Å². The number of ketones is 1. The molecule has 1 N–H and O–H groups in total. The van der Waals surface area contributed by atoms with Crippen molar-refractivity contribution in [2.75, 3.05) is 33.9 Å². The molecule has 200 valence electrons. The van der Waals surface area contributed by atoms with Crippen LogP contribution in [0.25, 0.3) is 27.4 Å². The van der Waals surface area contributed by atoms with E-state index in [1.54, 1.807) is 30.5 Å². The highest BCUT2D eigenvalue weighted by molar-refractivity contribution is 6.28. The van der Waals surface area contributed by atoms with Crippen molar-refractivity contribution >= 4 is 39.1 Å². The van der Waals surface area contributed by atoms with E-state index in [9.17, 15) is 9.59 Å². The number of Topliss-reactive ketones (excluding diaryl/α,β-unsaturated/α-hetero) is 1. The number of benzene rings is 2. The van der Waals surface area contributed by atoms with Crippen LogP contribution >= 0.6 is 0 Å². The summed E-state index contributed by atoms with van der Waals surface area (Å²) in [6.07, 6.45) is 7.22. The van der Waals surface area contributed by atoms with Gasteiger partial charge in [-0.1, -0.05) is 18.2 Å². The van der Waals surface area contributed by atoms with Gasteiger partial charge < -0.3 is 18.9 Å². The van der Waals surface area contributed by atoms with Gasteiger partial charge in [-0.25, -0.2) is 13.6 Å². The normalized spacial score (nSPS) is 14.8. The zero-order chi connectivity index (χ0) is 27.3. The first-order valence-corrected chi connectivity index (χ1v) is 12.7. The molecule has 0 saturated carbocycles. The zero-order valence-electron chi connectivity index (χ0n) is 21.5. The van der Waals surface area contributed by atoms with Gasteiger partial charge in [-0.2, -0.15) is 5.10 Å². The van der Waals surface area contributed by atoms with Crippen LogP contribution in [0.1, 0.15) is 33.6 Å². The van der Waals surface area contributed by atoms with Crippen LogP contribution in [-0.4, -0.2) is 65.3 Å². The van der Waals surface area contributed by atoms with Crippen LogP contribution in [0.4, 0.5) is 8.78 Å². The topological polar surface area (TPSA) is 89.5 Å². The third-order valence-electron chi connectivity index (χ3n) is 7.13. The highest BCUT2D eigenvalue weighted by atomic mass is 19.1. The molecule has 4 aromatic rings. The molecule has 0 amide bonds. The summed E-state index contributed by atoms with van der Waals surface area (Å²) in [4.78, 5) is 28.8. The standard InChI is InChI=1S/C29H26F2N4O4/c1-34(2)8-10-39-29(37)27-25(19-5-3-4-6-24(19)36)26-23(13-21(31)18-7-9-38-28(18)26)35(27)15-17-11-16-14-32-33-22(16)12-20(17)30/h3-5,11-14H,6-10,15H2,1-2H3,(H,32,33). The molecular weight excluding hydrogens is 506 g/mol. The number of fused-ring (bicyclic) bond motifs is 4. The molecule has 3 heterocycles. The van der Waals surface area contributed by atoms with Crippen molar-refractivity contribution in [2.45, 2.75) is 19.4 Å². The van der Waals surface area contributed by atoms with E-state index in [2.05, 4.69) is 10.2 Å². The molecule has 8 nitrogen and oxygen atoms in total. The number of rotatable bonds is 7. The Kier molecular flexibility index (Phi) is 6.26. The molecule has 6 rings (SSSR count). The smallest absolute Gasteiger partial charge is 0.355 e. The van der Waals surface area contributed by atoms with Crippen molar-refractivity contribution < 1.29 is 27.8 Å². The summed E-state index contributed by atoms with van der Waals surface area (Å²) in [6.45, 7) is 0.733. The molecule has 0 unspecified atom stereocenters. The van der Waals surface area contributed by atoms with Crippen molar-refractivity contribution in [2.24, 2.45) is 0 Å². The molecule has 0 fully saturated rings. The molecule has 2 aromatic heterocycles. The number of likely N-dealkylation sites (N-methyl/N-ethyl adjacent to an activating group) is 1. The van der Waals surface area contributed by atoms with Gasteiger partial charge in [0.2, 0.25) is 0 Å². The van der Waals surface area contributed by atoms with Crippen molar-refractivity contribution in [1.82, 2.24) is 19.7 Å². The highest BCUT2D eigenvalue weighted by Crippen LogP contribution is 2.44. The summed E-state index contributed by atoms with van der Waals surface area (Å²) in [5.74, 6) is -1.59. The van der Waals surface area contributed by atoms with Gasteiger partial charge in [-0.3, -0.25) is 9.89 Å². The molecule has 1 aliphatic heterocycles. The summed E-state index contributed by atoms with van der Waals surface area (Å²) in [6, 6.07) is 4.30. The fourth-order valence-electron chi connectivity index (χ4n) is 5.23. The second-order valence-electron chi connectivity index (χ2n) is 9.94. The first-order chi connectivity index (χ1) is 18.8. The number of hydrogen-bond acceptors (Lipinski definition) is 6. The first-order valence-electron chi connectivity index (χ1n) is 12.7. The molecule has 0 saturated heterocycles. The molecule has 0 radical (unpaired) electrons. The molecule has 39 heavy (non-hydrogen) atoms. The molecule has 0 spiro atoms. The second-order valence-corrected chi connectivity index (χ2v) is 9.94. The molecule has 1 aliphatic carbocycles. The summed E-state index contributed by atoms with van der Waals surface area (Å²) in [5, 5.41) is 7.83. The lowest BCUT2D eigenvalue weighted by Crippen LogP contribution is -2.22. The van der Waals surface area contributed by atoms with E-state index < -0.39 is 17.6 Å². The molecule has 10 heteroatoms. The largest absolute Gasteiger partial charge is 0.492 e. The summed E-state index contributed by atoms with van der Waals surface area (Å²) in [7, 11) is 3.71. The zero-order valence-corrected chi connectivity index (χ0v) is 21.5. The lowest BCUT2D eigenvalue weighted by Gasteiger charge is -2.15. The minimum Gasteiger partial charge on any atom is -0.492 e.